The van der Waals surface area contributed by atoms with Crippen molar-refractivity contribution in [2.45, 2.75) is 0 Å². The van der Waals surface area contributed by atoms with Crippen LogP contribution in [0.15, 0.2) is 28.7 Å². The molecule has 1 amide bonds. The Morgan fingerprint density at radius 3 is 2.61 bits per heavy atom. The number of carbonyl (C=O) groups excluding carboxylic acids is 1. The van der Waals surface area contributed by atoms with Crippen molar-refractivity contribution in [3.63, 3.8) is 0 Å². The van der Waals surface area contributed by atoms with Gasteiger partial charge in [-0.25, -0.2) is 0 Å². The topological polar surface area (TPSA) is 68.0 Å². The lowest BCUT2D eigenvalue weighted by atomic mass is 10.2. The van der Waals surface area contributed by atoms with Crippen LogP contribution in [-0.2, 0) is 0 Å². The van der Waals surface area contributed by atoms with Crippen molar-refractivity contribution < 1.29 is 9.21 Å². The molecule has 0 saturated heterocycles. The van der Waals surface area contributed by atoms with Crippen molar-refractivity contribution in [1.29, 1.82) is 0 Å². The van der Waals surface area contributed by atoms with Gasteiger partial charge < -0.3 is 4.42 Å². The van der Waals surface area contributed by atoms with E-state index >= 15 is 0 Å². The largest absolute Gasteiger partial charge is 0.403 e. The van der Waals surface area contributed by atoms with Crippen LogP contribution in [0.3, 0.4) is 0 Å². The smallest absolute Gasteiger partial charge is 0.322 e. The normalized spacial score (nSPS) is 10.8. The molecular weight excluding hydrogens is 404 g/mol. The van der Waals surface area contributed by atoms with Gasteiger partial charge in [0.1, 0.15) is 4.34 Å². The van der Waals surface area contributed by atoms with Crippen LogP contribution in [0.5, 0.6) is 0 Å². The fraction of sp³-hybridized carbons (Fsp3) is 0. The molecule has 3 rings (SSSR count). The summed E-state index contributed by atoms with van der Waals surface area (Å²) in [6.07, 6.45) is 0. The Kier molecular flexibility index (Phi) is 4.79. The third-order valence-electron chi connectivity index (χ3n) is 2.71. The standard InChI is InChI=1S/C13H5Cl4N3O2S/c14-5-1-2-8(15)6(3-5)12-19-20-13(22-12)18-11(21)7-4-9(16)23-10(7)17/h1-4H,(H,18,20,21). The van der Waals surface area contributed by atoms with Crippen LogP contribution in [0, 0.1) is 0 Å². The molecular formula is C13H5Cl4N3O2S. The molecule has 0 spiro atoms. The van der Waals surface area contributed by atoms with Crippen molar-refractivity contribution in [2.24, 2.45) is 0 Å². The summed E-state index contributed by atoms with van der Waals surface area (Å²) in [5.41, 5.74) is 0.686. The quantitative estimate of drug-likeness (QED) is 0.606. The first kappa shape index (κ1) is 16.5. The Labute approximate surface area is 154 Å². The number of thiophene rings is 1. The van der Waals surface area contributed by atoms with Gasteiger partial charge in [0.25, 0.3) is 11.8 Å². The Hall–Kier alpha value is -1.31. The maximum Gasteiger partial charge on any atom is 0.322 e. The summed E-state index contributed by atoms with van der Waals surface area (Å²) in [5.74, 6) is -0.382. The molecule has 0 aliphatic rings. The number of hydrogen-bond donors (Lipinski definition) is 1. The minimum absolute atomic E-state index is 0.0977. The molecule has 0 unspecified atom stereocenters. The van der Waals surface area contributed by atoms with Crippen molar-refractivity contribution in [3.8, 4) is 11.5 Å². The SMILES string of the molecule is O=C(Nc1nnc(-c2cc(Cl)ccc2Cl)o1)c1cc(Cl)sc1Cl. The van der Waals surface area contributed by atoms with E-state index in [0.717, 1.165) is 11.3 Å². The van der Waals surface area contributed by atoms with Gasteiger partial charge in [0.15, 0.2) is 0 Å². The summed E-state index contributed by atoms with van der Waals surface area (Å²) in [7, 11) is 0. The van der Waals surface area contributed by atoms with E-state index in [1.807, 2.05) is 0 Å². The molecule has 0 bridgehead atoms. The molecule has 2 heterocycles. The minimum atomic E-state index is -0.509. The van der Waals surface area contributed by atoms with Crippen LogP contribution >= 0.6 is 57.7 Å². The average Bonchev–Trinajstić information content (AvgIpc) is 3.08. The van der Waals surface area contributed by atoms with Gasteiger partial charge in [0, 0.05) is 5.02 Å². The number of nitrogens with one attached hydrogen (secondary N) is 1. The Morgan fingerprint density at radius 2 is 1.91 bits per heavy atom. The number of anilines is 1. The molecule has 0 saturated carbocycles. The number of amides is 1. The molecule has 1 aromatic carbocycles. The number of aromatic nitrogens is 2. The summed E-state index contributed by atoms with van der Waals surface area (Å²) in [6.45, 7) is 0. The highest BCUT2D eigenvalue weighted by atomic mass is 35.5. The first-order chi connectivity index (χ1) is 10.9. The predicted molar refractivity (Wildman–Crippen MR) is 92.0 cm³/mol. The maximum atomic E-state index is 12.1. The van der Waals surface area contributed by atoms with Crippen LogP contribution in [0.25, 0.3) is 11.5 Å². The number of nitrogens with zero attached hydrogens (tertiary/aromatic N) is 2. The van der Waals surface area contributed by atoms with Gasteiger partial charge >= 0.3 is 6.01 Å². The first-order valence-corrected chi connectivity index (χ1v) is 8.32. The van der Waals surface area contributed by atoms with Gasteiger partial charge in [0.05, 0.1) is 20.5 Å². The van der Waals surface area contributed by atoms with Crippen LogP contribution in [-0.4, -0.2) is 16.1 Å². The summed E-state index contributed by atoms with van der Waals surface area (Å²) in [4.78, 5) is 12.1. The number of hydrogen-bond acceptors (Lipinski definition) is 5. The van der Waals surface area contributed by atoms with Crippen molar-refractivity contribution in [2.75, 3.05) is 5.32 Å². The van der Waals surface area contributed by atoms with Crippen molar-refractivity contribution in [1.82, 2.24) is 10.2 Å². The second-order valence-electron chi connectivity index (χ2n) is 4.23. The van der Waals surface area contributed by atoms with Gasteiger partial charge in [-0.2, -0.15) is 0 Å². The monoisotopic (exact) mass is 407 g/mol. The zero-order chi connectivity index (χ0) is 16.6. The van der Waals surface area contributed by atoms with Crippen LogP contribution < -0.4 is 5.32 Å². The Morgan fingerprint density at radius 1 is 1.13 bits per heavy atom. The van der Waals surface area contributed by atoms with E-state index in [0.29, 0.717) is 19.9 Å². The molecule has 0 aliphatic carbocycles. The lowest BCUT2D eigenvalue weighted by Gasteiger charge is -2.00. The lowest BCUT2D eigenvalue weighted by molar-refractivity contribution is 0.102. The second kappa shape index (κ2) is 6.67. The van der Waals surface area contributed by atoms with E-state index in [4.69, 9.17) is 50.8 Å². The highest BCUT2D eigenvalue weighted by Gasteiger charge is 2.18. The minimum Gasteiger partial charge on any atom is -0.403 e. The van der Waals surface area contributed by atoms with Gasteiger partial charge in [-0.15, -0.1) is 16.4 Å². The molecule has 0 fully saturated rings. The van der Waals surface area contributed by atoms with E-state index in [2.05, 4.69) is 15.5 Å². The van der Waals surface area contributed by atoms with Gasteiger partial charge in [-0.1, -0.05) is 51.5 Å². The van der Waals surface area contributed by atoms with E-state index in [1.165, 1.54) is 6.07 Å². The maximum absolute atomic E-state index is 12.1. The Balaban J connectivity index is 1.84. The van der Waals surface area contributed by atoms with E-state index in [1.54, 1.807) is 18.2 Å². The second-order valence-corrected chi connectivity index (χ2v) is 7.36. The van der Waals surface area contributed by atoms with Gasteiger partial charge in [0.2, 0.25) is 0 Å². The molecule has 0 radical (unpaired) electrons. The fourth-order valence-corrected chi connectivity index (χ4v) is 3.53. The summed E-state index contributed by atoms with van der Waals surface area (Å²) in [6, 6.07) is 6.18. The molecule has 2 aromatic heterocycles. The summed E-state index contributed by atoms with van der Waals surface area (Å²) < 4.78 is 6.04. The van der Waals surface area contributed by atoms with Crippen molar-refractivity contribution in [3.05, 3.63) is 48.5 Å². The highest BCUT2D eigenvalue weighted by Crippen LogP contribution is 2.32. The average molecular weight is 409 g/mol. The zero-order valence-electron chi connectivity index (χ0n) is 10.9. The molecule has 23 heavy (non-hydrogen) atoms. The predicted octanol–water partition coefficient (Wildman–Crippen LogP) is 5.66. The van der Waals surface area contributed by atoms with E-state index in [-0.39, 0.29) is 21.8 Å². The molecule has 3 aromatic rings. The third kappa shape index (κ3) is 3.62. The van der Waals surface area contributed by atoms with Crippen LogP contribution in [0.2, 0.25) is 18.7 Å². The molecule has 5 nitrogen and oxygen atoms in total. The molecule has 0 aliphatic heterocycles. The zero-order valence-corrected chi connectivity index (χ0v) is 14.8. The Bertz CT molecular complexity index is 893. The number of carbonyl (C=O) groups is 1. The summed E-state index contributed by atoms with van der Waals surface area (Å²) in [5, 5.41) is 10.9. The molecule has 10 heteroatoms. The van der Waals surface area contributed by atoms with Crippen molar-refractivity contribution >= 4 is 69.7 Å². The van der Waals surface area contributed by atoms with Crippen LogP contribution in [0.4, 0.5) is 6.01 Å². The molecule has 0 atom stereocenters. The van der Waals surface area contributed by atoms with Gasteiger partial charge in [-0.05, 0) is 24.3 Å². The summed E-state index contributed by atoms with van der Waals surface area (Å²) >= 11 is 24.8. The molecule has 1 N–H and O–H groups in total. The third-order valence-corrected chi connectivity index (χ3v) is 4.76. The first-order valence-electron chi connectivity index (χ1n) is 5.99. The number of rotatable bonds is 3. The van der Waals surface area contributed by atoms with Gasteiger partial charge in [-0.3, -0.25) is 10.1 Å². The fourth-order valence-electron chi connectivity index (χ4n) is 1.70. The van der Waals surface area contributed by atoms with E-state index < -0.39 is 5.91 Å². The lowest BCUT2D eigenvalue weighted by Crippen LogP contribution is -2.11. The molecule has 118 valence electrons. The van der Waals surface area contributed by atoms with Crippen LogP contribution in [0.1, 0.15) is 10.4 Å². The number of halogens is 4. The number of benzene rings is 1. The van der Waals surface area contributed by atoms with E-state index in [9.17, 15) is 4.79 Å². The highest BCUT2D eigenvalue weighted by molar-refractivity contribution is 7.20.